The van der Waals surface area contributed by atoms with E-state index >= 15 is 0 Å². The van der Waals surface area contributed by atoms with Crippen molar-refractivity contribution < 1.29 is 14.6 Å². The van der Waals surface area contributed by atoms with Gasteiger partial charge in [-0.2, -0.15) is 0 Å². The van der Waals surface area contributed by atoms with E-state index in [1.54, 1.807) is 30.3 Å². The Balaban J connectivity index is 1.93. The Morgan fingerprint density at radius 3 is 2.50 bits per heavy atom. The lowest BCUT2D eigenvalue weighted by molar-refractivity contribution is 0.0698. The molecule has 0 aliphatic carbocycles. The van der Waals surface area contributed by atoms with E-state index in [1.807, 2.05) is 13.0 Å². The second kappa shape index (κ2) is 7.38. The van der Waals surface area contributed by atoms with Crippen molar-refractivity contribution in [2.24, 2.45) is 0 Å². The molecule has 0 saturated heterocycles. The number of anilines is 1. The van der Waals surface area contributed by atoms with Gasteiger partial charge in [-0.05, 0) is 37.3 Å². The molecule has 2 aromatic carbocycles. The summed E-state index contributed by atoms with van der Waals surface area (Å²) >= 11 is 11.8. The second-order valence-electron chi connectivity index (χ2n) is 4.73. The highest BCUT2D eigenvalue weighted by molar-refractivity contribution is 6.34. The van der Waals surface area contributed by atoms with Gasteiger partial charge in [0.1, 0.15) is 12.4 Å². The molecule has 0 bridgehead atoms. The van der Waals surface area contributed by atoms with Gasteiger partial charge in [-0.15, -0.1) is 0 Å². The summed E-state index contributed by atoms with van der Waals surface area (Å²) in [4.78, 5) is 11.2. The number of rotatable bonds is 6. The number of carboxylic acid groups (broad SMARTS) is 1. The number of carbonyl (C=O) groups is 1. The van der Waals surface area contributed by atoms with Crippen LogP contribution in [0.3, 0.4) is 0 Å². The van der Waals surface area contributed by atoms with Crippen LogP contribution in [0.25, 0.3) is 0 Å². The molecule has 2 rings (SSSR count). The van der Waals surface area contributed by atoms with Crippen LogP contribution in [0, 0.1) is 6.92 Å². The van der Waals surface area contributed by atoms with Crippen molar-refractivity contribution in [3.8, 4) is 5.75 Å². The van der Waals surface area contributed by atoms with Crippen molar-refractivity contribution in [2.45, 2.75) is 6.92 Å². The van der Waals surface area contributed by atoms with Gasteiger partial charge in [0.2, 0.25) is 0 Å². The number of aryl methyl sites for hydroxylation is 1. The minimum atomic E-state index is -0.964. The summed E-state index contributed by atoms with van der Waals surface area (Å²) in [6.07, 6.45) is 0. The van der Waals surface area contributed by atoms with E-state index in [2.05, 4.69) is 5.32 Å². The van der Waals surface area contributed by atoms with Crippen molar-refractivity contribution in [2.75, 3.05) is 18.5 Å². The first-order chi connectivity index (χ1) is 10.5. The maximum Gasteiger partial charge on any atom is 0.337 e. The number of aromatic carboxylic acids is 1. The Kier molecular flexibility index (Phi) is 5.52. The third kappa shape index (κ3) is 4.55. The maximum absolute atomic E-state index is 11.2. The number of hydrogen-bond acceptors (Lipinski definition) is 3. The number of hydrogen-bond donors (Lipinski definition) is 2. The van der Waals surface area contributed by atoms with Gasteiger partial charge in [0.25, 0.3) is 0 Å². The number of halogens is 2. The lowest BCUT2D eigenvalue weighted by Crippen LogP contribution is -2.14. The highest BCUT2D eigenvalue weighted by atomic mass is 35.5. The van der Waals surface area contributed by atoms with Gasteiger partial charge in [0.15, 0.2) is 0 Å². The molecule has 4 nitrogen and oxygen atoms in total. The van der Waals surface area contributed by atoms with Crippen LogP contribution in [0.15, 0.2) is 36.4 Å². The van der Waals surface area contributed by atoms with Crippen LogP contribution in [-0.4, -0.2) is 24.2 Å². The molecule has 0 fully saturated rings. The quantitative estimate of drug-likeness (QED) is 0.761. The summed E-state index contributed by atoms with van der Waals surface area (Å²) in [5.74, 6) is -0.393. The number of benzene rings is 2. The molecule has 22 heavy (non-hydrogen) atoms. The largest absolute Gasteiger partial charge is 0.492 e. The van der Waals surface area contributed by atoms with Gasteiger partial charge in [-0.3, -0.25) is 0 Å². The zero-order chi connectivity index (χ0) is 16.1. The first kappa shape index (κ1) is 16.5. The fraction of sp³-hybridized carbons (Fsp3) is 0.188. The van der Waals surface area contributed by atoms with E-state index in [0.29, 0.717) is 34.6 Å². The Bertz CT molecular complexity index is 669. The number of ether oxygens (including phenoxy) is 1. The molecule has 2 aromatic rings. The molecule has 0 spiro atoms. The van der Waals surface area contributed by atoms with E-state index in [1.165, 1.54) is 0 Å². The van der Waals surface area contributed by atoms with Gasteiger partial charge in [0, 0.05) is 22.3 Å². The average Bonchev–Trinajstić information content (AvgIpc) is 2.43. The zero-order valence-corrected chi connectivity index (χ0v) is 13.4. The minimum absolute atomic E-state index is 0.241. The minimum Gasteiger partial charge on any atom is -0.492 e. The summed E-state index contributed by atoms with van der Waals surface area (Å²) in [5, 5.41) is 13.2. The summed E-state index contributed by atoms with van der Waals surface area (Å²) in [5.41, 5.74) is 1.70. The number of carboxylic acids is 1. The molecule has 0 unspecified atom stereocenters. The van der Waals surface area contributed by atoms with Crippen LogP contribution in [0.2, 0.25) is 10.0 Å². The summed E-state index contributed by atoms with van der Waals surface area (Å²) in [7, 11) is 0. The molecular weight excluding hydrogens is 325 g/mol. The topological polar surface area (TPSA) is 58.6 Å². The van der Waals surface area contributed by atoms with Crippen molar-refractivity contribution in [1.82, 2.24) is 0 Å². The smallest absolute Gasteiger partial charge is 0.337 e. The predicted octanol–water partition coefficient (Wildman–Crippen LogP) is 4.49. The van der Waals surface area contributed by atoms with Crippen molar-refractivity contribution >= 4 is 34.9 Å². The third-order valence-electron chi connectivity index (χ3n) is 2.93. The van der Waals surface area contributed by atoms with E-state index in [0.717, 1.165) is 5.56 Å². The van der Waals surface area contributed by atoms with Crippen LogP contribution in [0.5, 0.6) is 5.75 Å². The van der Waals surface area contributed by atoms with Gasteiger partial charge >= 0.3 is 5.97 Å². The molecule has 0 saturated carbocycles. The van der Waals surface area contributed by atoms with Crippen LogP contribution >= 0.6 is 23.2 Å². The van der Waals surface area contributed by atoms with Crippen LogP contribution in [0.4, 0.5) is 5.69 Å². The van der Waals surface area contributed by atoms with Crippen molar-refractivity contribution in [1.29, 1.82) is 0 Å². The normalized spacial score (nSPS) is 10.3. The van der Waals surface area contributed by atoms with Gasteiger partial charge in [-0.1, -0.05) is 34.8 Å². The second-order valence-corrected chi connectivity index (χ2v) is 5.61. The highest BCUT2D eigenvalue weighted by Crippen LogP contribution is 2.24. The Hall–Kier alpha value is -1.91. The zero-order valence-electron chi connectivity index (χ0n) is 11.9. The third-order valence-corrected chi connectivity index (χ3v) is 3.36. The van der Waals surface area contributed by atoms with E-state index in [4.69, 9.17) is 27.9 Å². The predicted molar refractivity (Wildman–Crippen MR) is 88.6 cm³/mol. The molecule has 2 N–H and O–H groups in total. The molecule has 116 valence electrons. The fourth-order valence-corrected chi connectivity index (χ4v) is 2.46. The molecule has 6 heteroatoms. The summed E-state index contributed by atoms with van der Waals surface area (Å²) < 4.78 is 5.53. The standard InChI is InChI=1S/C16H15Cl2NO3/c1-10-2-3-15(14(6-10)16(20)21)19-4-5-22-13-8-11(17)7-12(18)9-13/h2-3,6-9,19H,4-5H2,1H3,(H,20,21). The molecule has 0 heterocycles. The Morgan fingerprint density at radius 1 is 1.18 bits per heavy atom. The SMILES string of the molecule is Cc1ccc(NCCOc2cc(Cl)cc(Cl)c2)c(C(=O)O)c1. The van der Waals surface area contributed by atoms with Crippen molar-refractivity contribution in [3.63, 3.8) is 0 Å². The first-order valence-corrected chi connectivity index (χ1v) is 7.38. The average molecular weight is 340 g/mol. The van der Waals surface area contributed by atoms with Crippen molar-refractivity contribution in [3.05, 3.63) is 57.6 Å². The first-order valence-electron chi connectivity index (χ1n) is 6.62. The van der Waals surface area contributed by atoms with E-state index < -0.39 is 5.97 Å². The molecule has 0 aromatic heterocycles. The summed E-state index contributed by atoms with van der Waals surface area (Å²) in [6, 6.07) is 10.2. The van der Waals surface area contributed by atoms with E-state index in [9.17, 15) is 9.90 Å². The molecular formula is C16H15Cl2NO3. The van der Waals surface area contributed by atoms with Crippen LogP contribution in [0.1, 0.15) is 15.9 Å². The molecule has 0 amide bonds. The molecule has 0 aliphatic rings. The molecule has 0 radical (unpaired) electrons. The number of nitrogens with one attached hydrogen (secondary N) is 1. The van der Waals surface area contributed by atoms with Gasteiger partial charge in [0.05, 0.1) is 5.56 Å². The van der Waals surface area contributed by atoms with Crippen LogP contribution in [-0.2, 0) is 0 Å². The maximum atomic E-state index is 11.2. The Morgan fingerprint density at radius 2 is 1.86 bits per heavy atom. The lowest BCUT2D eigenvalue weighted by atomic mass is 10.1. The molecule has 0 aliphatic heterocycles. The van der Waals surface area contributed by atoms with Gasteiger partial charge < -0.3 is 15.2 Å². The van der Waals surface area contributed by atoms with Crippen LogP contribution < -0.4 is 10.1 Å². The monoisotopic (exact) mass is 339 g/mol. The lowest BCUT2D eigenvalue weighted by Gasteiger charge is -2.11. The summed E-state index contributed by atoms with van der Waals surface area (Å²) in [6.45, 7) is 2.65. The Labute approximate surface area is 138 Å². The van der Waals surface area contributed by atoms with Gasteiger partial charge in [-0.25, -0.2) is 4.79 Å². The highest BCUT2D eigenvalue weighted by Gasteiger charge is 2.09. The molecule has 0 atom stereocenters. The van der Waals surface area contributed by atoms with E-state index in [-0.39, 0.29) is 5.56 Å². The fourth-order valence-electron chi connectivity index (χ4n) is 1.96.